The number of anilines is 1. The van der Waals surface area contributed by atoms with E-state index in [1.807, 2.05) is 5.51 Å². The van der Waals surface area contributed by atoms with Crippen molar-refractivity contribution in [2.24, 2.45) is 5.73 Å². The normalized spacial score (nSPS) is 19.5. The summed E-state index contributed by atoms with van der Waals surface area (Å²) in [6, 6.07) is 9.03. The number of nitrogens with two attached hydrogens (primary N) is 1. The van der Waals surface area contributed by atoms with Crippen molar-refractivity contribution in [1.29, 1.82) is 0 Å². The quantitative estimate of drug-likeness (QED) is 0.930. The fraction of sp³-hybridized carbons (Fsp3) is 0.400. The third kappa shape index (κ3) is 2.26. The zero-order valence-corrected chi connectivity index (χ0v) is 11.9. The molecule has 0 bridgehead atoms. The number of thiazole rings is 1. The van der Waals surface area contributed by atoms with Gasteiger partial charge >= 0.3 is 0 Å². The van der Waals surface area contributed by atoms with Crippen molar-refractivity contribution >= 4 is 17.0 Å². The topological polar surface area (TPSA) is 42.2 Å². The predicted octanol–water partition coefficient (Wildman–Crippen LogP) is 3.16. The summed E-state index contributed by atoms with van der Waals surface area (Å²) in [6.45, 7) is 4.03. The highest BCUT2D eigenvalue weighted by Crippen LogP contribution is 2.41. The molecule has 2 atom stereocenters. The number of rotatable bonds is 4. The number of benzene rings is 1. The molecule has 1 aliphatic rings. The minimum atomic E-state index is 0.329. The molecule has 19 heavy (non-hydrogen) atoms. The summed E-state index contributed by atoms with van der Waals surface area (Å²) in [5, 5.41) is 2.14. The third-order valence-electron chi connectivity index (χ3n) is 3.97. The van der Waals surface area contributed by atoms with E-state index in [4.69, 9.17) is 5.73 Å². The van der Waals surface area contributed by atoms with Gasteiger partial charge in [0.25, 0.3) is 0 Å². The van der Waals surface area contributed by atoms with Crippen molar-refractivity contribution in [3.05, 3.63) is 46.4 Å². The number of hydrogen-bond acceptors (Lipinski definition) is 4. The Bertz CT molecular complexity index is 538. The molecule has 0 fully saturated rings. The van der Waals surface area contributed by atoms with Crippen LogP contribution in [0.1, 0.15) is 36.6 Å². The van der Waals surface area contributed by atoms with Gasteiger partial charge in [0.2, 0.25) is 0 Å². The number of hydrogen-bond donors (Lipinski definition) is 1. The molecule has 3 nitrogen and oxygen atoms in total. The fourth-order valence-corrected chi connectivity index (χ4v) is 3.57. The van der Waals surface area contributed by atoms with Gasteiger partial charge in [0.1, 0.15) is 0 Å². The molecule has 1 aromatic heterocycles. The average Bonchev–Trinajstić information content (AvgIpc) is 3.07. The molecule has 4 heteroatoms. The van der Waals surface area contributed by atoms with Crippen molar-refractivity contribution in [2.75, 3.05) is 18.0 Å². The van der Waals surface area contributed by atoms with Crippen LogP contribution in [0.15, 0.2) is 35.2 Å². The molecule has 0 spiro atoms. The van der Waals surface area contributed by atoms with Gasteiger partial charge in [-0.15, -0.1) is 11.3 Å². The number of para-hydroxylation sites is 1. The first-order valence-electron chi connectivity index (χ1n) is 6.75. The second-order valence-corrected chi connectivity index (χ2v) is 5.79. The van der Waals surface area contributed by atoms with Crippen molar-refractivity contribution in [3.8, 4) is 0 Å². The van der Waals surface area contributed by atoms with Crippen molar-refractivity contribution in [2.45, 2.75) is 25.3 Å². The van der Waals surface area contributed by atoms with Crippen LogP contribution in [-0.4, -0.2) is 18.1 Å². The molecule has 0 aliphatic carbocycles. The highest BCUT2D eigenvalue weighted by molar-refractivity contribution is 7.07. The number of aromatic nitrogens is 1. The SMILES string of the molecule is CC(c1cscn1)N1CC(CCN)c2ccccc21. The van der Waals surface area contributed by atoms with Crippen LogP contribution in [0, 0.1) is 0 Å². The molecule has 100 valence electrons. The van der Waals surface area contributed by atoms with E-state index in [-0.39, 0.29) is 0 Å². The summed E-state index contributed by atoms with van der Waals surface area (Å²) < 4.78 is 0. The molecular weight excluding hydrogens is 254 g/mol. The minimum Gasteiger partial charge on any atom is -0.362 e. The molecule has 0 radical (unpaired) electrons. The summed E-state index contributed by atoms with van der Waals surface area (Å²) in [6.07, 6.45) is 1.05. The van der Waals surface area contributed by atoms with Gasteiger partial charge in [0.05, 0.1) is 17.2 Å². The standard InChI is InChI=1S/C15H19N3S/c1-11(14-9-19-10-17-14)18-8-12(6-7-16)13-4-2-3-5-15(13)18/h2-5,9-12H,6-8,16H2,1H3. The van der Waals surface area contributed by atoms with Gasteiger partial charge in [-0.3, -0.25) is 0 Å². The summed E-state index contributed by atoms with van der Waals surface area (Å²) in [5.41, 5.74) is 11.6. The first-order chi connectivity index (χ1) is 9.31. The molecule has 2 unspecified atom stereocenters. The van der Waals surface area contributed by atoms with Crippen LogP contribution in [-0.2, 0) is 0 Å². The number of fused-ring (bicyclic) bond motifs is 1. The van der Waals surface area contributed by atoms with Crippen LogP contribution < -0.4 is 10.6 Å². The lowest BCUT2D eigenvalue weighted by molar-refractivity contribution is 0.601. The summed E-state index contributed by atoms with van der Waals surface area (Å²) in [4.78, 5) is 6.92. The van der Waals surface area contributed by atoms with Crippen LogP contribution in [0.3, 0.4) is 0 Å². The van der Waals surface area contributed by atoms with Gasteiger partial charge in [-0.25, -0.2) is 4.98 Å². The molecule has 0 amide bonds. The summed E-state index contributed by atoms with van der Waals surface area (Å²) >= 11 is 1.66. The highest BCUT2D eigenvalue weighted by Gasteiger charge is 2.31. The zero-order valence-electron chi connectivity index (χ0n) is 11.1. The second kappa shape index (κ2) is 5.31. The Morgan fingerprint density at radius 1 is 1.47 bits per heavy atom. The highest BCUT2D eigenvalue weighted by atomic mass is 32.1. The van der Waals surface area contributed by atoms with E-state index in [9.17, 15) is 0 Å². The van der Waals surface area contributed by atoms with Crippen LogP contribution in [0.2, 0.25) is 0 Å². The maximum atomic E-state index is 5.75. The lowest BCUT2D eigenvalue weighted by Crippen LogP contribution is -2.26. The van der Waals surface area contributed by atoms with E-state index in [0.717, 1.165) is 25.2 Å². The van der Waals surface area contributed by atoms with Gasteiger partial charge in [0.15, 0.2) is 0 Å². The molecular formula is C15H19N3S. The first kappa shape index (κ1) is 12.6. The largest absolute Gasteiger partial charge is 0.362 e. The molecule has 2 heterocycles. The van der Waals surface area contributed by atoms with Gasteiger partial charge in [0, 0.05) is 23.5 Å². The molecule has 1 aromatic carbocycles. The van der Waals surface area contributed by atoms with E-state index in [1.54, 1.807) is 11.3 Å². The molecule has 2 N–H and O–H groups in total. The number of nitrogens with zero attached hydrogens (tertiary/aromatic N) is 2. The van der Waals surface area contributed by atoms with E-state index in [0.29, 0.717) is 12.0 Å². The lowest BCUT2D eigenvalue weighted by Gasteiger charge is -2.26. The molecule has 2 aromatic rings. The van der Waals surface area contributed by atoms with Gasteiger partial charge < -0.3 is 10.6 Å². The Hall–Kier alpha value is -1.39. The zero-order chi connectivity index (χ0) is 13.2. The Kier molecular flexibility index (Phi) is 3.53. The van der Waals surface area contributed by atoms with E-state index >= 15 is 0 Å². The van der Waals surface area contributed by atoms with Crippen molar-refractivity contribution in [1.82, 2.24) is 4.98 Å². The van der Waals surface area contributed by atoms with Crippen LogP contribution in [0.4, 0.5) is 5.69 Å². The minimum absolute atomic E-state index is 0.329. The maximum absolute atomic E-state index is 5.75. The fourth-order valence-electron chi connectivity index (χ4n) is 2.93. The predicted molar refractivity (Wildman–Crippen MR) is 80.7 cm³/mol. The monoisotopic (exact) mass is 273 g/mol. The second-order valence-electron chi connectivity index (χ2n) is 5.07. The summed E-state index contributed by atoms with van der Waals surface area (Å²) in [7, 11) is 0. The Morgan fingerprint density at radius 3 is 3.05 bits per heavy atom. The van der Waals surface area contributed by atoms with Crippen molar-refractivity contribution in [3.63, 3.8) is 0 Å². The van der Waals surface area contributed by atoms with Gasteiger partial charge in [-0.2, -0.15) is 0 Å². The Labute approximate surface area is 118 Å². The molecule has 0 saturated heterocycles. The maximum Gasteiger partial charge on any atom is 0.0795 e. The first-order valence-corrected chi connectivity index (χ1v) is 7.69. The summed E-state index contributed by atoms with van der Waals surface area (Å²) in [5.74, 6) is 0.558. The molecule has 0 saturated carbocycles. The van der Waals surface area contributed by atoms with E-state index < -0.39 is 0 Å². The van der Waals surface area contributed by atoms with E-state index in [1.165, 1.54) is 11.3 Å². The van der Waals surface area contributed by atoms with Gasteiger partial charge in [-0.1, -0.05) is 18.2 Å². The Balaban J connectivity index is 1.92. The average molecular weight is 273 g/mol. The van der Waals surface area contributed by atoms with Crippen LogP contribution >= 0.6 is 11.3 Å². The van der Waals surface area contributed by atoms with Crippen molar-refractivity contribution < 1.29 is 0 Å². The van der Waals surface area contributed by atoms with Crippen LogP contribution in [0.25, 0.3) is 0 Å². The lowest BCUT2D eigenvalue weighted by atomic mass is 9.98. The van der Waals surface area contributed by atoms with Crippen LogP contribution in [0.5, 0.6) is 0 Å². The van der Waals surface area contributed by atoms with E-state index in [2.05, 4.69) is 46.5 Å². The Morgan fingerprint density at radius 2 is 2.32 bits per heavy atom. The third-order valence-corrected chi connectivity index (χ3v) is 4.57. The smallest absolute Gasteiger partial charge is 0.0795 e. The molecule has 3 rings (SSSR count). The molecule has 1 aliphatic heterocycles. The van der Waals surface area contributed by atoms with Gasteiger partial charge in [-0.05, 0) is 31.5 Å².